The van der Waals surface area contributed by atoms with Gasteiger partial charge in [0.1, 0.15) is 11.6 Å². The lowest BCUT2D eigenvalue weighted by atomic mass is 9.75. The Bertz CT molecular complexity index is 627. The molecule has 0 aliphatic heterocycles. The molecule has 3 N–H and O–H groups in total. The zero-order chi connectivity index (χ0) is 15.6. The van der Waals surface area contributed by atoms with E-state index >= 15 is 0 Å². The van der Waals surface area contributed by atoms with Crippen LogP contribution in [-0.4, -0.2) is 0 Å². The van der Waals surface area contributed by atoms with Crippen molar-refractivity contribution in [3.8, 4) is 0 Å². The molecule has 2 nitrogen and oxygen atoms in total. The summed E-state index contributed by atoms with van der Waals surface area (Å²) in [4.78, 5) is 0. The van der Waals surface area contributed by atoms with Gasteiger partial charge in [-0.2, -0.15) is 0 Å². The van der Waals surface area contributed by atoms with Crippen molar-refractivity contribution in [1.82, 2.24) is 5.43 Å². The third-order valence-corrected chi connectivity index (χ3v) is 4.38. The van der Waals surface area contributed by atoms with E-state index < -0.39 is 11.5 Å². The van der Waals surface area contributed by atoms with Crippen LogP contribution in [0.1, 0.15) is 31.0 Å². The number of rotatable bonds is 4. The van der Waals surface area contributed by atoms with Crippen LogP contribution in [0.4, 0.5) is 8.78 Å². The molecule has 21 heavy (non-hydrogen) atoms. The molecule has 2 aromatic rings. The first-order chi connectivity index (χ1) is 9.87. The molecule has 0 fully saturated rings. The lowest BCUT2D eigenvalue weighted by molar-refractivity contribution is 0.342. The van der Waals surface area contributed by atoms with Gasteiger partial charge in [-0.1, -0.05) is 38.1 Å². The fourth-order valence-corrected chi connectivity index (χ4v) is 2.86. The monoisotopic (exact) mass is 354 g/mol. The second-order valence-electron chi connectivity index (χ2n) is 5.47. The molecule has 2 rings (SSSR count). The fraction of sp³-hybridized carbons (Fsp3) is 0.250. The minimum atomic E-state index is -0.524. The molecule has 2 aromatic carbocycles. The van der Waals surface area contributed by atoms with Gasteiger partial charge in [-0.15, -0.1) is 0 Å². The maximum atomic E-state index is 14.3. The van der Waals surface area contributed by atoms with E-state index in [1.54, 1.807) is 30.3 Å². The highest BCUT2D eigenvalue weighted by atomic mass is 79.9. The number of hydrogen-bond acceptors (Lipinski definition) is 2. The third kappa shape index (κ3) is 3.15. The highest BCUT2D eigenvalue weighted by Crippen LogP contribution is 2.38. The van der Waals surface area contributed by atoms with E-state index in [1.165, 1.54) is 12.1 Å². The van der Waals surface area contributed by atoms with E-state index in [-0.39, 0.29) is 11.6 Å². The molecular formula is C16H17BrF2N2. The third-order valence-electron chi connectivity index (χ3n) is 3.77. The Balaban J connectivity index is 2.48. The van der Waals surface area contributed by atoms with Crippen molar-refractivity contribution in [2.45, 2.75) is 25.3 Å². The Morgan fingerprint density at radius 2 is 1.71 bits per heavy atom. The van der Waals surface area contributed by atoms with Crippen LogP contribution in [0.15, 0.2) is 46.9 Å². The van der Waals surface area contributed by atoms with Crippen LogP contribution in [0.3, 0.4) is 0 Å². The highest BCUT2D eigenvalue weighted by Gasteiger charge is 2.34. The molecule has 5 heteroatoms. The molecule has 0 amide bonds. The largest absolute Gasteiger partial charge is 0.271 e. The zero-order valence-corrected chi connectivity index (χ0v) is 13.4. The fourth-order valence-electron chi connectivity index (χ4n) is 2.48. The summed E-state index contributed by atoms with van der Waals surface area (Å²) < 4.78 is 27.8. The Morgan fingerprint density at radius 1 is 1.10 bits per heavy atom. The molecule has 0 radical (unpaired) electrons. The average Bonchev–Trinajstić information content (AvgIpc) is 2.44. The Hall–Kier alpha value is -1.30. The predicted molar refractivity (Wildman–Crippen MR) is 83.6 cm³/mol. The zero-order valence-electron chi connectivity index (χ0n) is 11.8. The van der Waals surface area contributed by atoms with E-state index in [0.717, 1.165) is 5.56 Å². The van der Waals surface area contributed by atoms with Gasteiger partial charge in [0.2, 0.25) is 0 Å². The van der Waals surface area contributed by atoms with Crippen molar-refractivity contribution in [3.63, 3.8) is 0 Å². The predicted octanol–water partition coefficient (Wildman–Crippen LogP) is 4.21. The van der Waals surface area contributed by atoms with Gasteiger partial charge in [0.15, 0.2) is 0 Å². The standard InChI is InChI=1S/C16H17BrF2N2/c1-16(2,10-6-8-11(18)9-7-10)15(21-20)12-4-3-5-13(17)14(12)19/h3-9,15,21H,20H2,1-2H3. The van der Waals surface area contributed by atoms with Crippen molar-refractivity contribution >= 4 is 15.9 Å². The van der Waals surface area contributed by atoms with Gasteiger partial charge in [0, 0.05) is 11.0 Å². The van der Waals surface area contributed by atoms with E-state index in [4.69, 9.17) is 5.84 Å². The van der Waals surface area contributed by atoms with Crippen LogP contribution < -0.4 is 11.3 Å². The molecule has 0 spiro atoms. The van der Waals surface area contributed by atoms with Crippen molar-refractivity contribution in [2.24, 2.45) is 5.84 Å². The maximum absolute atomic E-state index is 14.3. The summed E-state index contributed by atoms with van der Waals surface area (Å²) in [7, 11) is 0. The van der Waals surface area contributed by atoms with Gasteiger partial charge in [0.25, 0.3) is 0 Å². The number of halogens is 3. The van der Waals surface area contributed by atoms with Crippen LogP contribution in [-0.2, 0) is 5.41 Å². The lowest BCUT2D eigenvalue weighted by Gasteiger charge is -2.35. The second-order valence-corrected chi connectivity index (χ2v) is 6.33. The van der Waals surface area contributed by atoms with Crippen molar-refractivity contribution in [2.75, 3.05) is 0 Å². The van der Waals surface area contributed by atoms with E-state index in [0.29, 0.717) is 10.0 Å². The summed E-state index contributed by atoms with van der Waals surface area (Å²) in [5, 5.41) is 0. The molecule has 0 bridgehead atoms. The smallest absolute Gasteiger partial charge is 0.142 e. The molecule has 0 heterocycles. The summed E-state index contributed by atoms with van der Waals surface area (Å²) in [6, 6.07) is 10.8. The van der Waals surface area contributed by atoms with Crippen LogP contribution in [0.25, 0.3) is 0 Å². The first-order valence-corrected chi connectivity index (χ1v) is 7.33. The number of hydrogen-bond donors (Lipinski definition) is 2. The van der Waals surface area contributed by atoms with Gasteiger partial charge in [-0.3, -0.25) is 11.3 Å². The molecular weight excluding hydrogens is 338 g/mol. The Kier molecular flexibility index (Phi) is 4.76. The number of benzene rings is 2. The van der Waals surface area contributed by atoms with Gasteiger partial charge in [-0.05, 0) is 39.7 Å². The normalized spacial score (nSPS) is 13.2. The maximum Gasteiger partial charge on any atom is 0.142 e. The number of nitrogens with two attached hydrogens (primary N) is 1. The van der Waals surface area contributed by atoms with Gasteiger partial charge in [0.05, 0.1) is 10.5 Å². The van der Waals surface area contributed by atoms with Gasteiger partial charge >= 0.3 is 0 Å². The molecule has 1 unspecified atom stereocenters. The molecule has 1 atom stereocenters. The van der Waals surface area contributed by atoms with Crippen LogP contribution in [0, 0.1) is 11.6 Å². The first-order valence-electron chi connectivity index (χ1n) is 6.54. The second kappa shape index (κ2) is 6.22. The van der Waals surface area contributed by atoms with Gasteiger partial charge < -0.3 is 0 Å². The topological polar surface area (TPSA) is 38.0 Å². The lowest BCUT2D eigenvalue weighted by Crippen LogP contribution is -2.41. The van der Waals surface area contributed by atoms with E-state index in [1.807, 2.05) is 13.8 Å². The summed E-state index contributed by atoms with van der Waals surface area (Å²) in [5.74, 6) is 5.01. The molecule has 0 aliphatic carbocycles. The van der Waals surface area contributed by atoms with Crippen molar-refractivity contribution in [3.05, 3.63) is 69.7 Å². The van der Waals surface area contributed by atoms with Crippen LogP contribution in [0.2, 0.25) is 0 Å². The summed E-state index contributed by atoms with van der Waals surface area (Å²) >= 11 is 3.18. The minimum absolute atomic E-state index is 0.305. The minimum Gasteiger partial charge on any atom is -0.271 e. The Labute approximate surface area is 131 Å². The molecule has 0 aromatic heterocycles. The first kappa shape index (κ1) is 16.1. The van der Waals surface area contributed by atoms with Crippen molar-refractivity contribution in [1.29, 1.82) is 0 Å². The SMILES string of the molecule is CC(C)(c1ccc(F)cc1)C(NN)c1cccc(Br)c1F. The van der Waals surface area contributed by atoms with Crippen LogP contribution in [0.5, 0.6) is 0 Å². The number of nitrogens with one attached hydrogen (secondary N) is 1. The Morgan fingerprint density at radius 3 is 2.29 bits per heavy atom. The molecule has 0 aliphatic rings. The van der Waals surface area contributed by atoms with Crippen molar-refractivity contribution < 1.29 is 8.78 Å². The summed E-state index contributed by atoms with van der Waals surface area (Å²) in [6.45, 7) is 3.87. The van der Waals surface area contributed by atoms with E-state index in [9.17, 15) is 8.78 Å². The van der Waals surface area contributed by atoms with E-state index in [2.05, 4.69) is 21.4 Å². The molecule has 0 saturated carbocycles. The molecule has 112 valence electrons. The summed E-state index contributed by atoms with van der Waals surface area (Å²) in [5.41, 5.74) is 3.49. The van der Waals surface area contributed by atoms with Gasteiger partial charge in [-0.25, -0.2) is 8.78 Å². The quantitative estimate of drug-likeness (QED) is 0.637. The highest BCUT2D eigenvalue weighted by molar-refractivity contribution is 9.10. The number of hydrazine groups is 1. The van der Waals surface area contributed by atoms with Crippen LogP contribution >= 0.6 is 15.9 Å². The average molecular weight is 355 g/mol. The summed E-state index contributed by atoms with van der Waals surface area (Å²) in [6.07, 6.45) is 0. The molecule has 0 saturated heterocycles.